The molecule has 3 N–H and O–H groups in total. The molecule has 0 aromatic heterocycles. The first kappa shape index (κ1) is 21.5. The minimum Gasteiger partial charge on any atom is -0.484 e. The van der Waals surface area contributed by atoms with Gasteiger partial charge in [0, 0.05) is 25.2 Å². The van der Waals surface area contributed by atoms with Gasteiger partial charge in [0.25, 0.3) is 5.91 Å². The first-order valence-electron chi connectivity index (χ1n) is 9.63. The van der Waals surface area contributed by atoms with Crippen LogP contribution in [0.5, 0.6) is 5.75 Å². The summed E-state index contributed by atoms with van der Waals surface area (Å²) in [5.74, 6) is 0.574. The average molecular weight is 396 g/mol. The van der Waals surface area contributed by atoms with Crippen LogP contribution in [0.3, 0.4) is 0 Å². The van der Waals surface area contributed by atoms with Crippen LogP contribution >= 0.6 is 12.4 Å². The molecule has 6 nitrogen and oxygen atoms in total. The maximum absolute atomic E-state index is 12.6. The van der Waals surface area contributed by atoms with Crippen LogP contribution in [0.25, 0.3) is 0 Å². The number of hydrogen-bond acceptors (Lipinski definition) is 4. The number of nitrogens with zero attached hydrogens (tertiary/aromatic N) is 1. The zero-order valence-electron chi connectivity index (χ0n) is 15.6. The molecule has 1 aliphatic heterocycles. The van der Waals surface area contributed by atoms with Crippen molar-refractivity contribution in [2.75, 3.05) is 19.7 Å². The van der Waals surface area contributed by atoms with Gasteiger partial charge in [0.05, 0.1) is 5.92 Å². The fraction of sp³-hybridized carbons (Fsp3) is 0.600. The molecule has 1 saturated carbocycles. The van der Waals surface area contributed by atoms with Gasteiger partial charge in [-0.15, -0.1) is 12.4 Å². The van der Waals surface area contributed by atoms with Gasteiger partial charge >= 0.3 is 0 Å². The van der Waals surface area contributed by atoms with Crippen molar-refractivity contribution < 1.29 is 14.3 Å². The van der Waals surface area contributed by atoms with E-state index in [4.69, 9.17) is 10.5 Å². The van der Waals surface area contributed by atoms with E-state index in [2.05, 4.69) is 5.32 Å². The summed E-state index contributed by atoms with van der Waals surface area (Å²) in [6.45, 7) is 1.19. The Morgan fingerprint density at radius 1 is 1.11 bits per heavy atom. The van der Waals surface area contributed by atoms with Gasteiger partial charge < -0.3 is 20.7 Å². The Labute approximate surface area is 167 Å². The SMILES string of the molecule is Cl.NC1CCC(NC(=O)C2CCCN(C(=O)COc3ccccc3)C2)CC1. The van der Waals surface area contributed by atoms with E-state index in [9.17, 15) is 9.59 Å². The molecular weight excluding hydrogens is 366 g/mol. The predicted molar refractivity (Wildman–Crippen MR) is 107 cm³/mol. The molecular formula is C20H30ClN3O3. The van der Waals surface area contributed by atoms with Crippen LogP contribution in [0.4, 0.5) is 0 Å². The van der Waals surface area contributed by atoms with Gasteiger partial charge in [-0.2, -0.15) is 0 Å². The van der Waals surface area contributed by atoms with E-state index in [0.29, 0.717) is 18.8 Å². The quantitative estimate of drug-likeness (QED) is 0.799. The molecule has 1 heterocycles. The number of amides is 2. The van der Waals surface area contributed by atoms with Crippen molar-refractivity contribution in [2.45, 2.75) is 50.6 Å². The summed E-state index contributed by atoms with van der Waals surface area (Å²) in [5.41, 5.74) is 5.92. The number of carbonyl (C=O) groups is 2. The second-order valence-corrected chi connectivity index (χ2v) is 7.40. The molecule has 0 spiro atoms. The molecule has 1 aromatic rings. The van der Waals surface area contributed by atoms with Crippen molar-refractivity contribution in [1.29, 1.82) is 0 Å². The van der Waals surface area contributed by atoms with E-state index in [1.54, 1.807) is 4.90 Å². The number of rotatable bonds is 5. The molecule has 1 aliphatic carbocycles. The lowest BCUT2D eigenvalue weighted by Gasteiger charge is -2.34. The van der Waals surface area contributed by atoms with Gasteiger partial charge in [-0.25, -0.2) is 0 Å². The highest BCUT2D eigenvalue weighted by Gasteiger charge is 2.30. The maximum atomic E-state index is 12.6. The molecule has 27 heavy (non-hydrogen) atoms. The number of halogens is 1. The summed E-state index contributed by atoms with van der Waals surface area (Å²) in [6.07, 6.45) is 5.53. The summed E-state index contributed by atoms with van der Waals surface area (Å²) in [7, 11) is 0. The number of hydrogen-bond donors (Lipinski definition) is 2. The molecule has 2 aliphatic rings. The third-order valence-electron chi connectivity index (χ3n) is 5.37. The summed E-state index contributed by atoms with van der Waals surface area (Å²) in [5, 5.41) is 3.16. The van der Waals surface area contributed by atoms with Crippen LogP contribution in [0.15, 0.2) is 30.3 Å². The highest BCUT2D eigenvalue weighted by Crippen LogP contribution is 2.21. The van der Waals surface area contributed by atoms with E-state index in [1.165, 1.54) is 0 Å². The molecule has 1 atom stereocenters. The second kappa shape index (κ2) is 10.5. The van der Waals surface area contributed by atoms with Gasteiger partial charge in [-0.3, -0.25) is 9.59 Å². The standard InChI is InChI=1S/C20H29N3O3.ClH/c21-16-8-10-17(11-9-16)22-20(25)15-5-4-12-23(13-15)19(24)14-26-18-6-2-1-3-7-18;/h1-3,6-7,15-17H,4-5,8-14,21H2,(H,22,25);1H. The number of nitrogens with one attached hydrogen (secondary N) is 1. The van der Waals surface area contributed by atoms with Gasteiger partial charge in [-0.1, -0.05) is 18.2 Å². The van der Waals surface area contributed by atoms with Crippen molar-refractivity contribution in [1.82, 2.24) is 10.2 Å². The zero-order chi connectivity index (χ0) is 18.4. The Kier molecular flexibility index (Phi) is 8.38. The summed E-state index contributed by atoms with van der Waals surface area (Å²) in [4.78, 5) is 26.8. The topological polar surface area (TPSA) is 84.7 Å². The molecule has 2 fully saturated rings. The number of nitrogens with two attached hydrogens (primary N) is 1. The fourth-order valence-electron chi connectivity index (χ4n) is 3.75. The Morgan fingerprint density at radius 3 is 2.52 bits per heavy atom. The number of ether oxygens (including phenoxy) is 1. The highest BCUT2D eigenvalue weighted by atomic mass is 35.5. The highest BCUT2D eigenvalue weighted by molar-refractivity contribution is 5.85. The molecule has 2 amide bonds. The molecule has 0 radical (unpaired) electrons. The van der Waals surface area contributed by atoms with Crippen LogP contribution in [0.1, 0.15) is 38.5 Å². The minimum atomic E-state index is -0.125. The van der Waals surface area contributed by atoms with Gasteiger partial charge in [0.2, 0.25) is 5.91 Å². The van der Waals surface area contributed by atoms with E-state index in [-0.39, 0.29) is 48.8 Å². The van der Waals surface area contributed by atoms with Crippen LogP contribution in [0, 0.1) is 5.92 Å². The average Bonchev–Trinajstić information content (AvgIpc) is 2.69. The van der Waals surface area contributed by atoms with Gasteiger partial charge in [0.1, 0.15) is 5.75 Å². The lowest BCUT2D eigenvalue weighted by Crippen LogP contribution is -2.49. The molecule has 1 aromatic carbocycles. The van der Waals surface area contributed by atoms with E-state index < -0.39 is 0 Å². The number of likely N-dealkylation sites (tertiary alicyclic amines) is 1. The predicted octanol–water partition coefficient (Wildman–Crippen LogP) is 2.11. The van der Waals surface area contributed by atoms with Crippen LogP contribution in [-0.2, 0) is 9.59 Å². The first-order valence-corrected chi connectivity index (χ1v) is 9.63. The Bertz CT molecular complexity index is 606. The monoisotopic (exact) mass is 395 g/mol. The van der Waals surface area contributed by atoms with E-state index in [1.807, 2.05) is 30.3 Å². The molecule has 1 unspecified atom stereocenters. The van der Waals surface area contributed by atoms with E-state index in [0.717, 1.165) is 38.5 Å². The van der Waals surface area contributed by atoms with Crippen molar-refractivity contribution in [2.24, 2.45) is 11.7 Å². The fourth-order valence-corrected chi connectivity index (χ4v) is 3.75. The van der Waals surface area contributed by atoms with Crippen LogP contribution < -0.4 is 15.8 Å². The summed E-state index contributed by atoms with van der Waals surface area (Å²) >= 11 is 0. The number of carbonyl (C=O) groups excluding carboxylic acids is 2. The normalized spacial score (nSPS) is 25.2. The molecule has 0 bridgehead atoms. The molecule has 3 rings (SSSR count). The minimum absolute atomic E-state index is 0. The van der Waals surface area contributed by atoms with Gasteiger partial charge in [-0.05, 0) is 50.7 Å². The Hall–Kier alpha value is -1.79. The van der Waals surface area contributed by atoms with Crippen molar-refractivity contribution in [3.05, 3.63) is 30.3 Å². The molecule has 7 heteroatoms. The third kappa shape index (κ3) is 6.40. The largest absolute Gasteiger partial charge is 0.484 e. The van der Waals surface area contributed by atoms with Crippen LogP contribution in [-0.4, -0.2) is 48.5 Å². The number of benzene rings is 1. The summed E-state index contributed by atoms with van der Waals surface area (Å²) < 4.78 is 5.54. The van der Waals surface area contributed by atoms with E-state index >= 15 is 0 Å². The van der Waals surface area contributed by atoms with Crippen molar-refractivity contribution >= 4 is 24.2 Å². The van der Waals surface area contributed by atoms with Crippen molar-refractivity contribution in [3.8, 4) is 5.75 Å². The maximum Gasteiger partial charge on any atom is 0.260 e. The summed E-state index contributed by atoms with van der Waals surface area (Å²) in [6, 6.07) is 9.82. The number of para-hydroxylation sites is 1. The molecule has 1 saturated heterocycles. The van der Waals surface area contributed by atoms with Crippen molar-refractivity contribution in [3.63, 3.8) is 0 Å². The molecule has 150 valence electrons. The Morgan fingerprint density at radius 2 is 1.81 bits per heavy atom. The lowest BCUT2D eigenvalue weighted by atomic mass is 9.90. The van der Waals surface area contributed by atoms with Gasteiger partial charge in [0.15, 0.2) is 6.61 Å². The Balaban J connectivity index is 0.00000261. The van der Waals surface area contributed by atoms with Crippen LogP contribution in [0.2, 0.25) is 0 Å². The zero-order valence-corrected chi connectivity index (χ0v) is 16.5. The smallest absolute Gasteiger partial charge is 0.260 e. The number of piperidine rings is 1. The third-order valence-corrected chi connectivity index (χ3v) is 5.37. The lowest BCUT2D eigenvalue weighted by molar-refractivity contribution is -0.137. The second-order valence-electron chi connectivity index (χ2n) is 7.40. The first-order chi connectivity index (χ1) is 12.6.